The molecule has 0 saturated carbocycles. The molecule has 108 valence electrons. The third kappa shape index (κ3) is 8.04. The summed E-state index contributed by atoms with van der Waals surface area (Å²) in [6, 6.07) is 8.55. The Bertz CT molecular complexity index is 390. The minimum absolute atomic E-state index is 0.522. The molecule has 0 radical (unpaired) electrons. The van der Waals surface area contributed by atoms with Crippen molar-refractivity contribution in [3.05, 3.63) is 29.8 Å². The maximum absolute atomic E-state index is 10.7. The molecule has 0 fully saturated rings. The highest BCUT2D eigenvalue weighted by atomic mass is 19.4. The van der Waals surface area contributed by atoms with Gasteiger partial charge in [0.25, 0.3) is 0 Å². The van der Waals surface area contributed by atoms with E-state index in [1.807, 2.05) is 19.2 Å². The van der Waals surface area contributed by atoms with E-state index in [1.54, 1.807) is 0 Å². The van der Waals surface area contributed by atoms with Crippen LogP contribution in [0.25, 0.3) is 0 Å². The van der Waals surface area contributed by atoms with Gasteiger partial charge in [-0.25, -0.2) is 0 Å². The van der Waals surface area contributed by atoms with E-state index < -0.39 is 12.1 Å². The van der Waals surface area contributed by atoms with Crippen LogP contribution < -0.4 is 16.8 Å². The number of carbonyl (C=O) groups excluding carboxylic acids is 1. The molecule has 1 aromatic rings. The SMILES string of the molecule is CNC(C)Cc1ccc(N)cc1.NC(=O)C(F)(F)F. The number of carbonyl (C=O) groups is 1. The number of anilines is 1. The number of amides is 1. The van der Waals surface area contributed by atoms with E-state index >= 15 is 0 Å². The van der Waals surface area contributed by atoms with Crippen LogP contribution in [0.4, 0.5) is 18.9 Å². The molecule has 0 heterocycles. The summed E-state index contributed by atoms with van der Waals surface area (Å²) < 4.78 is 32.1. The molecule has 1 rings (SSSR count). The molecule has 0 aliphatic carbocycles. The number of rotatable bonds is 3. The molecule has 0 aliphatic heterocycles. The Morgan fingerprint density at radius 2 is 1.74 bits per heavy atom. The fourth-order valence-electron chi connectivity index (χ4n) is 1.11. The van der Waals surface area contributed by atoms with Crippen LogP contribution in [-0.2, 0) is 11.2 Å². The van der Waals surface area contributed by atoms with Gasteiger partial charge in [0.05, 0.1) is 0 Å². The molecular weight excluding hydrogens is 259 g/mol. The van der Waals surface area contributed by atoms with Crippen molar-refractivity contribution in [2.75, 3.05) is 12.8 Å². The van der Waals surface area contributed by atoms with Crippen LogP contribution in [-0.4, -0.2) is 25.2 Å². The van der Waals surface area contributed by atoms with Crippen molar-refractivity contribution >= 4 is 11.6 Å². The number of alkyl halides is 3. The lowest BCUT2D eigenvalue weighted by molar-refractivity contribution is -0.169. The zero-order valence-corrected chi connectivity index (χ0v) is 10.8. The van der Waals surface area contributed by atoms with E-state index in [0.29, 0.717) is 6.04 Å². The lowest BCUT2D eigenvalue weighted by atomic mass is 10.1. The quantitative estimate of drug-likeness (QED) is 0.731. The lowest BCUT2D eigenvalue weighted by Gasteiger charge is -2.09. The fourth-order valence-corrected chi connectivity index (χ4v) is 1.11. The predicted molar refractivity (Wildman–Crippen MR) is 68.3 cm³/mol. The Hall–Kier alpha value is -1.76. The Labute approximate surface area is 110 Å². The highest BCUT2D eigenvalue weighted by Gasteiger charge is 2.35. The van der Waals surface area contributed by atoms with Crippen LogP contribution in [0.5, 0.6) is 0 Å². The molecule has 1 aromatic carbocycles. The van der Waals surface area contributed by atoms with Crippen LogP contribution in [0, 0.1) is 0 Å². The maximum Gasteiger partial charge on any atom is 0.470 e. The normalized spacial score (nSPS) is 12.3. The van der Waals surface area contributed by atoms with Crippen molar-refractivity contribution in [1.29, 1.82) is 0 Å². The van der Waals surface area contributed by atoms with Gasteiger partial charge in [-0.15, -0.1) is 0 Å². The molecule has 1 amide bonds. The molecular formula is C12H18F3N3O. The fraction of sp³-hybridized carbons (Fsp3) is 0.417. The van der Waals surface area contributed by atoms with Crippen LogP contribution >= 0.6 is 0 Å². The third-order valence-electron chi connectivity index (χ3n) is 2.29. The Morgan fingerprint density at radius 1 is 1.32 bits per heavy atom. The summed E-state index contributed by atoms with van der Waals surface area (Å²) in [5, 5.41) is 3.20. The highest BCUT2D eigenvalue weighted by molar-refractivity contribution is 5.79. The highest BCUT2D eigenvalue weighted by Crippen LogP contribution is 2.11. The van der Waals surface area contributed by atoms with E-state index in [9.17, 15) is 13.2 Å². The number of nitrogen functional groups attached to an aromatic ring is 1. The number of halogens is 3. The number of nitrogens with two attached hydrogens (primary N) is 2. The molecule has 5 N–H and O–H groups in total. The topological polar surface area (TPSA) is 81.1 Å². The van der Waals surface area contributed by atoms with E-state index in [1.165, 1.54) is 5.56 Å². The van der Waals surface area contributed by atoms with Crippen LogP contribution in [0.1, 0.15) is 12.5 Å². The monoisotopic (exact) mass is 277 g/mol. The van der Waals surface area contributed by atoms with Gasteiger partial charge < -0.3 is 16.8 Å². The number of nitrogens with one attached hydrogen (secondary N) is 1. The average Bonchev–Trinajstić information content (AvgIpc) is 2.31. The first-order valence-corrected chi connectivity index (χ1v) is 5.55. The number of primary amides is 1. The number of benzene rings is 1. The third-order valence-corrected chi connectivity index (χ3v) is 2.29. The summed E-state index contributed by atoms with van der Waals surface area (Å²) in [4.78, 5) is 9.12. The van der Waals surface area contributed by atoms with E-state index in [2.05, 4.69) is 30.1 Å². The van der Waals surface area contributed by atoms with Crippen LogP contribution in [0.3, 0.4) is 0 Å². The summed E-state index contributed by atoms with van der Waals surface area (Å²) in [5.41, 5.74) is 11.5. The van der Waals surface area contributed by atoms with Crippen molar-refractivity contribution < 1.29 is 18.0 Å². The molecule has 1 unspecified atom stereocenters. The number of likely N-dealkylation sites (N-methyl/N-ethyl adjacent to an activating group) is 1. The van der Waals surface area contributed by atoms with Crippen molar-refractivity contribution in [3.8, 4) is 0 Å². The van der Waals surface area contributed by atoms with Gasteiger partial charge in [-0.3, -0.25) is 4.79 Å². The molecule has 0 aromatic heterocycles. The van der Waals surface area contributed by atoms with E-state index in [-0.39, 0.29) is 0 Å². The maximum atomic E-state index is 10.7. The first kappa shape index (κ1) is 17.2. The first-order valence-electron chi connectivity index (χ1n) is 5.55. The zero-order chi connectivity index (χ0) is 15.1. The predicted octanol–water partition coefficient (Wildman–Crippen LogP) is 1.45. The summed E-state index contributed by atoms with van der Waals surface area (Å²) >= 11 is 0. The molecule has 0 bridgehead atoms. The Kier molecular flexibility index (Phi) is 6.92. The van der Waals surface area contributed by atoms with Gasteiger partial charge in [0.2, 0.25) is 0 Å². The van der Waals surface area contributed by atoms with Crippen LogP contribution in [0.15, 0.2) is 24.3 Å². The van der Waals surface area contributed by atoms with Gasteiger partial charge in [0.15, 0.2) is 0 Å². The van der Waals surface area contributed by atoms with Crippen molar-refractivity contribution in [2.45, 2.75) is 25.6 Å². The summed E-state index contributed by atoms with van der Waals surface area (Å²) in [7, 11) is 1.97. The van der Waals surface area contributed by atoms with Crippen molar-refractivity contribution in [3.63, 3.8) is 0 Å². The van der Waals surface area contributed by atoms with Crippen molar-refractivity contribution in [2.24, 2.45) is 5.73 Å². The second-order valence-electron chi connectivity index (χ2n) is 4.00. The molecule has 1 atom stereocenters. The van der Waals surface area contributed by atoms with E-state index in [0.717, 1.165) is 12.1 Å². The second kappa shape index (κ2) is 7.63. The van der Waals surface area contributed by atoms with Gasteiger partial charge in [-0.1, -0.05) is 12.1 Å². The van der Waals surface area contributed by atoms with Gasteiger partial charge >= 0.3 is 12.1 Å². The molecule has 4 nitrogen and oxygen atoms in total. The zero-order valence-electron chi connectivity index (χ0n) is 10.8. The molecule has 0 spiro atoms. The first-order chi connectivity index (χ1) is 8.66. The average molecular weight is 277 g/mol. The second-order valence-corrected chi connectivity index (χ2v) is 4.00. The van der Waals surface area contributed by atoms with Crippen LogP contribution in [0.2, 0.25) is 0 Å². The molecule has 7 heteroatoms. The molecule has 0 aliphatic rings. The summed E-state index contributed by atoms with van der Waals surface area (Å²) in [5.74, 6) is -2.26. The van der Waals surface area contributed by atoms with Crippen molar-refractivity contribution in [1.82, 2.24) is 5.32 Å². The Balaban J connectivity index is 0.000000399. The largest absolute Gasteiger partial charge is 0.470 e. The minimum Gasteiger partial charge on any atom is -0.399 e. The van der Waals surface area contributed by atoms with Gasteiger partial charge in [0.1, 0.15) is 0 Å². The van der Waals surface area contributed by atoms with Gasteiger partial charge in [-0.05, 0) is 38.1 Å². The summed E-state index contributed by atoms with van der Waals surface area (Å²) in [6.45, 7) is 2.16. The number of hydrogen-bond donors (Lipinski definition) is 3. The molecule has 0 saturated heterocycles. The van der Waals surface area contributed by atoms with Gasteiger partial charge in [0, 0.05) is 11.7 Å². The smallest absolute Gasteiger partial charge is 0.399 e. The van der Waals surface area contributed by atoms with E-state index in [4.69, 9.17) is 10.5 Å². The van der Waals surface area contributed by atoms with Gasteiger partial charge in [-0.2, -0.15) is 13.2 Å². The minimum atomic E-state index is -4.86. The summed E-state index contributed by atoms with van der Waals surface area (Å²) in [6.07, 6.45) is -3.81. The molecule has 19 heavy (non-hydrogen) atoms. The standard InChI is InChI=1S/C10H16N2.C2H2F3NO/c1-8(12-2)7-9-3-5-10(11)6-4-9;3-2(4,5)1(6)7/h3-6,8,12H,7,11H2,1-2H3;(H2,6,7). The number of hydrogen-bond acceptors (Lipinski definition) is 3. The lowest BCUT2D eigenvalue weighted by Crippen LogP contribution is -2.30. The Morgan fingerprint density at radius 3 is 2.05 bits per heavy atom.